The number of rotatable bonds is 1. The molecular formula is C12H17NO. The summed E-state index contributed by atoms with van der Waals surface area (Å²) in [6.45, 7) is 3.39. The highest BCUT2D eigenvalue weighted by atomic mass is 16.3. The Hall–Kier alpha value is -1.02. The lowest BCUT2D eigenvalue weighted by atomic mass is 9.77. The van der Waals surface area contributed by atoms with Crippen molar-refractivity contribution in [1.82, 2.24) is 0 Å². The predicted octanol–water partition coefficient (Wildman–Crippen LogP) is 1.78. The summed E-state index contributed by atoms with van der Waals surface area (Å²) in [5.74, 6) is 0. The number of aliphatic hydroxyl groups is 1. The minimum atomic E-state index is -0.0525. The van der Waals surface area contributed by atoms with Gasteiger partial charge in [-0.05, 0) is 18.1 Å². The summed E-state index contributed by atoms with van der Waals surface area (Å²) in [6.07, 6.45) is 1.02. The molecule has 0 radical (unpaired) electrons. The molecule has 1 aliphatic rings. The maximum absolute atomic E-state index is 9.46. The lowest BCUT2D eigenvalue weighted by molar-refractivity contribution is 0.195. The van der Waals surface area contributed by atoms with Crippen LogP contribution in [0, 0.1) is 0 Å². The summed E-state index contributed by atoms with van der Waals surface area (Å²) < 4.78 is 0. The third-order valence-electron chi connectivity index (χ3n) is 3.31. The van der Waals surface area contributed by atoms with Gasteiger partial charge in [-0.1, -0.05) is 25.1 Å². The molecule has 76 valence electrons. The van der Waals surface area contributed by atoms with E-state index in [0.29, 0.717) is 0 Å². The maximum Gasteiger partial charge on any atom is 0.0526 e. The van der Waals surface area contributed by atoms with Crippen molar-refractivity contribution in [2.45, 2.75) is 18.8 Å². The maximum atomic E-state index is 9.46. The Morgan fingerprint density at radius 1 is 1.43 bits per heavy atom. The van der Waals surface area contributed by atoms with E-state index in [1.807, 2.05) is 6.07 Å². The van der Waals surface area contributed by atoms with Crippen LogP contribution in [0.1, 0.15) is 18.9 Å². The first kappa shape index (κ1) is 9.53. The second-order valence-corrected chi connectivity index (χ2v) is 4.41. The van der Waals surface area contributed by atoms with Crippen LogP contribution < -0.4 is 4.90 Å². The molecule has 1 aliphatic heterocycles. The van der Waals surface area contributed by atoms with Crippen molar-refractivity contribution in [1.29, 1.82) is 0 Å². The third kappa shape index (κ3) is 1.30. The molecule has 2 rings (SSSR count). The zero-order chi connectivity index (χ0) is 10.2. The molecule has 0 amide bonds. The molecule has 14 heavy (non-hydrogen) atoms. The Morgan fingerprint density at radius 2 is 2.14 bits per heavy atom. The zero-order valence-corrected chi connectivity index (χ0v) is 8.83. The van der Waals surface area contributed by atoms with E-state index in [0.717, 1.165) is 13.0 Å². The largest absolute Gasteiger partial charge is 0.395 e. The van der Waals surface area contributed by atoms with Gasteiger partial charge in [0.25, 0.3) is 0 Å². The Kier molecular flexibility index (Phi) is 2.23. The van der Waals surface area contributed by atoms with E-state index < -0.39 is 0 Å². The Morgan fingerprint density at radius 3 is 2.86 bits per heavy atom. The molecule has 2 nitrogen and oxygen atoms in total. The van der Waals surface area contributed by atoms with Crippen molar-refractivity contribution >= 4 is 5.69 Å². The Balaban J connectivity index is 2.52. The van der Waals surface area contributed by atoms with Gasteiger partial charge in [-0.15, -0.1) is 0 Å². The molecule has 1 aromatic rings. The van der Waals surface area contributed by atoms with Crippen molar-refractivity contribution in [3.63, 3.8) is 0 Å². The molecule has 0 saturated carbocycles. The van der Waals surface area contributed by atoms with Crippen molar-refractivity contribution in [3.8, 4) is 0 Å². The first-order valence-electron chi connectivity index (χ1n) is 5.09. The second-order valence-electron chi connectivity index (χ2n) is 4.41. The molecule has 0 spiro atoms. The smallest absolute Gasteiger partial charge is 0.0526 e. The van der Waals surface area contributed by atoms with Crippen LogP contribution in [-0.2, 0) is 5.41 Å². The predicted molar refractivity (Wildman–Crippen MR) is 58.8 cm³/mol. The number of aliphatic hydroxyl groups excluding tert-OH is 1. The number of hydrogen-bond donors (Lipinski definition) is 1. The molecule has 1 unspecified atom stereocenters. The van der Waals surface area contributed by atoms with Crippen LogP contribution in [0.4, 0.5) is 5.69 Å². The molecule has 0 aliphatic carbocycles. The molecule has 0 fully saturated rings. The van der Waals surface area contributed by atoms with Crippen LogP contribution >= 0.6 is 0 Å². The van der Waals surface area contributed by atoms with Gasteiger partial charge in [0.15, 0.2) is 0 Å². The summed E-state index contributed by atoms with van der Waals surface area (Å²) in [7, 11) is 2.11. The molecular weight excluding hydrogens is 174 g/mol. The van der Waals surface area contributed by atoms with Gasteiger partial charge in [0.1, 0.15) is 0 Å². The number of nitrogens with zero attached hydrogens (tertiary/aromatic N) is 1. The standard InChI is InChI=1S/C12H17NO/c1-12(9-14)7-8-13(2)11-6-4-3-5-10(11)12/h3-6,14H,7-9H2,1-2H3. The lowest BCUT2D eigenvalue weighted by Crippen LogP contribution is -2.38. The number of para-hydroxylation sites is 1. The molecule has 1 aromatic carbocycles. The minimum absolute atomic E-state index is 0.0525. The molecule has 1 N–H and O–H groups in total. The lowest BCUT2D eigenvalue weighted by Gasteiger charge is -2.39. The highest BCUT2D eigenvalue weighted by Gasteiger charge is 2.32. The van der Waals surface area contributed by atoms with Crippen LogP contribution in [0.2, 0.25) is 0 Å². The van der Waals surface area contributed by atoms with Crippen LogP contribution in [0.5, 0.6) is 0 Å². The second kappa shape index (κ2) is 3.28. The van der Waals surface area contributed by atoms with E-state index in [1.54, 1.807) is 0 Å². The fourth-order valence-corrected chi connectivity index (χ4v) is 2.15. The Labute approximate surface area is 85.2 Å². The third-order valence-corrected chi connectivity index (χ3v) is 3.31. The topological polar surface area (TPSA) is 23.5 Å². The van der Waals surface area contributed by atoms with Gasteiger partial charge in [-0.2, -0.15) is 0 Å². The van der Waals surface area contributed by atoms with Crippen molar-refractivity contribution in [2.75, 3.05) is 25.1 Å². The van der Waals surface area contributed by atoms with Gasteiger partial charge in [0, 0.05) is 24.7 Å². The number of anilines is 1. The van der Waals surface area contributed by atoms with Gasteiger partial charge in [-0.25, -0.2) is 0 Å². The highest BCUT2D eigenvalue weighted by molar-refractivity contribution is 5.58. The van der Waals surface area contributed by atoms with Gasteiger partial charge >= 0.3 is 0 Å². The SMILES string of the molecule is CN1CCC(C)(CO)c2ccccc21. The van der Waals surface area contributed by atoms with Crippen LogP contribution in [0.25, 0.3) is 0 Å². The van der Waals surface area contributed by atoms with E-state index in [1.165, 1.54) is 11.3 Å². The quantitative estimate of drug-likeness (QED) is 0.731. The average molecular weight is 191 g/mol. The van der Waals surface area contributed by atoms with Crippen LogP contribution in [0.15, 0.2) is 24.3 Å². The van der Waals surface area contributed by atoms with E-state index in [-0.39, 0.29) is 12.0 Å². The van der Waals surface area contributed by atoms with Gasteiger partial charge in [-0.3, -0.25) is 0 Å². The average Bonchev–Trinajstić information content (AvgIpc) is 2.24. The summed E-state index contributed by atoms with van der Waals surface area (Å²) in [5, 5.41) is 9.46. The summed E-state index contributed by atoms with van der Waals surface area (Å²) in [5.41, 5.74) is 2.48. The van der Waals surface area contributed by atoms with Gasteiger partial charge in [0.2, 0.25) is 0 Å². The van der Waals surface area contributed by atoms with Crippen molar-refractivity contribution < 1.29 is 5.11 Å². The first-order valence-corrected chi connectivity index (χ1v) is 5.09. The molecule has 2 heteroatoms. The zero-order valence-electron chi connectivity index (χ0n) is 8.83. The van der Waals surface area contributed by atoms with Gasteiger partial charge < -0.3 is 10.0 Å². The first-order chi connectivity index (χ1) is 6.67. The molecule has 1 heterocycles. The van der Waals surface area contributed by atoms with Crippen LogP contribution in [-0.4, -0.2) is 25.3 Å². The summed E-state index contributed by atoms with van der Waals surface area (Å²) in [4.78, 5) is 2.26. The summed E-state index contributed by atoms with van der Waals surface area (Å²) in [6, 6.07) is 8.36. The fourth-order valence-electron chi connectivity index (χ4n) is 2.15. The number of hydrogen-bond acceptors (Lipinski definition) is 2. The molecule has 0 bridgehead atoms. The van der Waals surface area contributed by atoms with E-state index >= 15 is 0 Å². The molecule has 0 saturated heterocycles. The van der Waals surface area contributed by atoms with Gasteiger partial charge in [0.05, 0.1) is 6.61 Å². The molecule has 0 aromatic heterocycles. The van der Waals surface area contributed by atoms with Crippen LogP contribution in [0.3, 0.4) is 0 Å². The van der Waals surface area contributed by atoms with Crippen molar-refractivity contribution in [2.24, 2.45) is 0 Å². The van der Waals surface area contributed by atoms with Crippen molar-refractivity contribution in [3.05, 3.63) is 29.8 Å². The number of benzene rings is 1. The normalized spacial score (nSPS) is 26.1. The fraction of sp³-hybridized carbons (Fsp3) is 0.500. The van der Waals surface area contributed by atoms with E-state index in [9.17, 15) is 5.11 Å². The van der Waals surface area contributed by atoms with E-state index in [4.69, 9.17) is 0 Å². The monoisotopic (exact) mass is 191 g/mol. The number of fused-ring (bicyclic) bond motifs is 1. The van der Waals surface area contributed by atoms with E-state index in [2.05, 4.69) is 37.1 Å². The minimum Gasteiger partial charge on any atom is -0.395 e. The summed E-state index contributed by atoms with van der Waals surface area (Å²) >= 11 is 0. The molecule has 1 atom stereocenters. The Bertz CT molecular complexity index is 337. The highest BCUT2D eigenvalue weighted by Crippen LogP contribution is 2.38.